The number of aromatic nitrogens is 2. The van der Waals surface area contributed by atoms with Crippen molar-refractivity contribution in [3.8, 4) is 11.1 Å². The summed E-state index contributed by atoms with van der Waals surface area (Å²) in [6.07, 6.45) is 3.85. The first-order valence-corrected chi connectivity index (χ1v) is 12.3. The smallest absolute Gasteiger partial charge is 0.333 e. The molecule has 3 rings (SSSR count). The van der Waals surface area contributed by atoms with Crippen LogP contribution in [0.5, 0.6) is 0 Å². The standard InChI is InChI=1S/C26H25ClF4N8O3/c1-33-14-35-39(25(30)31)22-9-18(7-8-20(22)27)23(13-42-15-41)37(2)26(32)36-21(12-40)17-5-3-16(4-6-17)19-10-34-38(11-19)24(28)29/h3-12,14-15,21,23-25H,1,13H2,2H3,(H2,32,36)/b35-14-. The van der Waals surface area contributed by atoms with Gasteiger partial charge in [-0.05, 0) is 35.5 Å². The fourth-order valence-electron chi connectivity index (χ4n) is 3.83. The quantitative estimate of drug-likeness (QED) is 0.0703. The number of hydrazone groups is 1. The molecule has 1 heterocycles. The van der Waals surface area contributed by atoms with Gasteiger partial charge in [-0.25, -0.2) is 14.7 Å². The third kappa shape index (κ3) is 7.69. The predicted octanol–water partition coefficient (Wildman–Crippen LogP) is 4.67. The van der Waals surface area contributed by atoms with Crippen molar-refractivity contribution in [2.75, 3.05) is 18.7 Å². The Morgan fingerprint density at radius 1 is 1.14 bits per heavy atom. The summed E-state index contributed by atoms with van der Waals surface area (Å²) in [6, 6.07) is 8.66. The second-order valence-corrected chi connectivity index (χ2v) is 8.89. The van der Waals surface area contributed by atoms with Gasteiger partial charge < -0.3 is 20.2 Å². The molecule has 0 aliphatic rings. The van der Waals surface area contributed by atoms with E-state index in [0.717, 1.165) is 6.34 Å². The molecule has 0 aliphatic carbocycles. The Balaban J connectivity index is 1.91. The normalized spacial score (nSPS) is 13.3. The molecule has 0 radical (unpaired) electrons. The largest absolute Gasteiger partial charge is 0.465 e. The molecule has 1 aromatic heterocycles. The zero-order valence-corrected chi connectivity index (χ0v) is 22.7. The zero-order chi connectivity index (χ0) is 30.8. The number of aldehydes is 1. The Labute approximate surface area is 242 Å². The molecule has 0 fully saturated rings. The number of hydrogen-bond acceptors (Lipinski definition) is 7. The maximum atomic E-state index is 13.7. The maximum Gasteiger partial charge on any atom is 0.333 e. The lowest BCUT2D eigenvalue weighted by atomic mass is 10.0. The number of nitrogens with zero attached hydrogens (tertiary/aromatic N) is 7. The minimum Gasteiger partial charge on any atom is -0.465 e. The molecule has 0 bridgehead atoms. The van der Waals surface area contributed by atoms with Crippen LogP contribution in [0.15, 0.2) is 69.9 Å². The zero-order valence-electron chi connectivity index (χ0n) is 22.0. The summed E-state index contributed by atoms with van der Waals surface area (Å²) < 4.78 is 58.6. The lowest BCUT2D eigenvalue weighted by molar-refractivity contribution is -0.130. The van der Waals surface area contributed by atoms with Gasteiger partial charge in [-0.1, -0.05) is 41.9 Å². The second-order valence-electron chi connectivity index (χ2n) is 8.48. The van der Waals surface area contributed by atoms with Crippen molar-refractivity contribution < 1.29 is 31.9 Å². The highest BCUT2D eigenvalue weighted by Crippen LogP contribution is 2.33. The Bertz CT molecular complexity index is 1440. The summed E-state index contributed by atoms with van der Waals surface area (Å²) >= 11 is 6.16. The van der Waals surface area contributed by atoms with Crippen LogP contribution in [0.3, 0.4) is 0 Å². The lowest BCUT2D eigenvalue weighted by Gasteiger charge is -2.30. The van der Waals surface area contributed by atoms with Crippen LogP contribution in [0.2, 0.25) is 5.02 Å². The van der Waals surface area contributed by atoms with Crippen LogP contribution in [-0.4, -0.2) is 66.7 Å². The number of rotatable bonds is 14. The van der Waals surface area contributed by atoms with Gasteiger partial charge in [0, 0.05) is 18.8 Å². The number of nitrogens with two attached hydrogens (primary N) is 1. The third-order valence-corrected chi connectivity index (χ3v) is 6.30. The molecule has 11 nitrogen and oxygen atoms in total. The van der Waals surface area contributed by atoms with Gasteiger partial charge in [-0.15, -0.1) is 0 Å². The number of ether oxygens (including phenoxy) is 1. The number of carbonyl (C=O) groups is 2. The van der Waals surface area contributed by atoms with E-state index in [4.69, 9.17) is 22.1 Å². The van der Waals surface area contributed by atoms with Crippen molar-refractivity contribution >= 4 is 49.1 Å². The molecule has 0 amide bonds. The monoisotopic (exact) mass is 608 g/mol. The minimum absolute atomic E-state index is 0.0503. The summed E-state index contributed by atoms with van der Waals surface area (Å²) in [5, 5.41) is 7.44. The Hall–Kier alpha value is -4.79. The van der Waals surface area contributed by atoms with Crippen molar-refractivity contribution in [2.45, 2.75) is 25.2 Å². The van der Waals surface area contributed by atoms with Crippen LogP contribution < -0.4 is 10.7 Å². The van der Waals surface area contributed by atoms with Gasteiger partial charge in [0.15, 0.2) is 5.96 Å². The number of halogens is 5. The molecule has 3 aromatic rings. The van der Waals surface area contributed by atoms with Gasteiger partial charge in [-0.2, -0.15) is 27.8 Å². The number of anilines is 1. The van der Waals surface area contributed by atoms with Crippen LogP contribution in [-0.2, 0) is 14.3 Å². The number of guanidine groups is 1. The highest BCUT2D eigenvalue weighted by molar-refractivity contribution is 6.33. The van der Waals surface area contributed by atoms with Crippen LogP contribution in [0.1, 0.15) is 29.8 Å². The maximum absolute atomic E-state index is 13.7. The van der Waals surface area contributed by atoms with Gasteiger partial charge in [0.1, 0.15) is 25.3 Å². The van der Waals surface area contributed by atoms with E-state index in [9.17, 15) is 27.2 Å². The highest BCUT2D eigenvalue weighted by Gasteiger charge is 2.25. The fraction of sp³-hybridized carbons (Fsp3) is 0.231. The molecule has 2 N–H and O–H groups in total. The van der Waals surface area contributed by atoms with Crippen molar-refractivity contribution in [1.82, 2.24) is 14.7 Å². The molecule has 2 unspecified atom stereocenters. The third-order valence-electron chi connectivity index (χ3n) is 5.98. The SMILES string of the molecule is C=N/C=N\N(c1cc(C(COC=O)N(C)C(N)=NC(C=O)c2ccc(-c3cnn(C(F)F)c3)cc2)ccc1Cl)C(F)F. The molecule has 0 saturated carbocycles. The van der Waals surface area contributed by atoms with Gasteiger partial charge >= 0.3 is 13.1 Å². The summed E-state index contributed by atoms with van der Waals surface area (Å²) in [5.74, 6) is -0.148. The Morgan fingerprint density at radius 2 is 1.83 bits per heavy atom. The molecule has 222 valence electrons. The topological polar surface area (TPSA) is 131 Å². The summed E-state index contributed by atoms with van der Waals surface area (Å²) in [4.78, 5) is 31.9. The van der Waals surface area contributed by atoms with E-state index < -0.39 is 25.2 Å². The van der Waals surface area contributed by atoms with E-state index in [-0.39, 0.29) is 29.7 Å². The van der Waals surface area contributed by atoms with Crippen LogP contribution >= 0.6 is 11.6 Å². The fourth-order valence-corrected chi connectivity index (χ4v) is 4.03. The van der Waals surface area contributed by atoms with Crippen LogP contribution in [0.4, 0.5) is 23.2 Å². The summed E-state index contributed by atoms with van der Waals surface area (Å²) in [7, 11) is 1.50. The van der Waals surface area contributed by atoms with E-state index >= 15 is 0 Å². The lowest BCUT2D eigenvalue weighted by Crippen LogP contribution is -2.39. The molecular formula is C26H25ClF4N8O3. The minimum atomic E-state index is -3.08. The molecular weight excluding hydrogens is 584 g/mol. The number of aliphatic imine (C=N–C) groups is 2. The van der Waals surface area contributed by atoms with E-state index in [2.05, 4.69) is 26.9 Å². The molecule has 2 aromatic carbocycles. The average molecular weight is 609 g/mol. The number of alkyl halides is 4. The number of carbonyl (C=O) groups excluding carboxylic acids is 2. The van der Waals surface area contributed by atoms with Crippen molar-refractivity contribution in [2.24, 2.45) is 20.8 Å². The first-order chi connectivity index (χ1) is 20.1. The summed E-state index contributed by atoms with van der Waals surface area (Å²) in [5.41, 5.74) is 7.88. The molecule has 0 saturated heterocycles. The number of hydrogen-bond donors (Lipinski definition) is 1. The van der Waals surface area contributed by atoms with E-state index in [0.29, 0.717) is 38.2 Å². The van der Waals surface area contributed by atoms with Crippen LogP contribution in [0, 0.1) is 0 Å². The van der Waals surface area contributed by atoms with Gasteiger partial charge in [0.25, 0.3) is 6.47 Å². The first kappa shape index (κ1) is 31.7. The van der Waals surface area contributed by atoms with Gasteiger partial charge in [0.2, 0.25) is 0 Å². The predicted molar refractivity (Wildman–Crippen MR) is 150 cm³/mol. The van der Waals surface area contributed by atoms with Gasteiger partial charge in [0.05, 0.1) is 22.9 Å². The molecule has 16 heteroatoms. The molecule has 2 atom stereocenters. The van der Waals surface area contributed by atoms with Crippen molar-refractivity contribution in [1.29, 1.82) is 0 Å². The van der Waals surface area contributed by atoms with Crippen LogP contribution in [0.25, 0.3) is 11.1 Å². The molecule has 0 spiro atoms. The van der Waals surface area contributed by atoms with E-state index in [1.54, 1.807) is 24.3 Å². The second kappa shape index (κ2) is 14.7. The molecule has 42 heavy (non-hydrogen) atoms. The Morgan fingerprint density at radius 3 is 2.40 bits per heavy atom. The van der Waals surface area contributed by atoms with E-state index in [1.165, 1.54) is 42.5 Å². The van der Waals surface area contributed by atoms with Crippen molar-refractivity contribution in [3.05, 3.63) is 71.0 Å². The number of benzene rings is 2. The number of likely N-dealkylation sites (N-methyl/N-ethyl adjacent to an activating group) is 1. The van der Waals surface area contributed by atoms with Crippen molar-refractivity contribution in [3.63, 3.8) is 0 Å². The Kier molecular flexibility index (Phi) is 11.1. The molecule has 0 aliphatic heterocycles. The van der Waals surface area contributed by atoms with Gasteiger partial charge in [-0.3, -0.25) is 9.79 Å². The first-order valence-electron chi connectivity index (χ1n) is 12.0. The summed E-state index contributed by atoms with van der Waals surface area (Å²) in [6.45, 7) is -2.75. The highest BCUT2D eigenvalue weighted by atomic mass is 35.5. The van der Waals surface area contributed by atoms with E-state index in [1.807, 2.05) is 0 Å². The average Bonchev–Trinajstić information content (AvgIpc) is 3.48.